The van der Waals surface area contributed by atoms with Gasteiger partial charge in [-0.05, 0) is 30.5 Å². The predicted octanol–water partition coefficient (Wildman–Crippen LogP) is 7.34. The minimum Gasteiger partial charge on any atom is -0.462 e. The number of benzene rings is 3. The average molecular weight is 439 g/mol. The first kappa shape index (κ1) is 22.7. The van der Waals surface area contributed by atoms with Crippen LogP contribution in [0.5, 0.6) is 0 Å². The summed E-state index contributed by atoms with van der Waals surface area (Å²) in [6, 6.07) is 25.5. The molecular formula is C29H30N2O2. The van der Waals surface area contributed by atoms with Crippen molar-refractivity contribution in [2.75, 3.05) is 6.61 Å². The molecule has 0 aliphatic carbocycles. The molecule has 1 unspecified atom stereocenters. The number of carbonyl (C=O) groups excluding carboxylic acids is 1. The third kappa shape index (κ3) is 5.46. The second-order valence-electron chi connectivity index (χ2n) is 8.37. The van der Waals surface area contributed by atoms with Gasteiger partial charge in [0, 0.05) is 11.1 Å². The molecule has 4 rings (SSSR count). The second-order valence-corrected chi connectivity index (χ2v) is 8.37. The van der Waals surface area contributed by atoms with Gasteiger partial charge >= 0.3 is 5.97 Å². The Labute approximate surface area is 195 Å². The summed E-state index contributed by atoms with van der Waals surface area (Å²) in [5.41, 5.74) is 5.55. The lowest BCUT2D eigenvalue weighted by atomic mass is 10.0. The minimum atomic E-state index is -0.304. The third-order valence-corrected chi connectivity index (χ3v) is 5.99. The van der Waals surface area contributed by atoms with Crippen molar-refractivity contribution in [3.8, 4) is 22.5 Å². The van der Waals surface area contributed by atoms with Crippen molar-refractivity contribution in [3.63, 3.8) is 0 Å². The zero-order chi connectivity index (χ0) is 23.0. The summed E-state index contributed by atoms with van der Waals surface area (Å²) in [6.45, 7) is 4.79. The molecule has 1 heterocycles. The smallest absolute Gasteiger partial charge is 0.338 e. The molecule has 0 aliphatic rings. The number of fused-ring (bicyclic) bond motifs is 1. The summed E-state index contributed by atoms with van der Waals surface area (Å²) in [4.78, 5) is 22.6. The van der Waals surface area contributed by atoms with Gasteiger partial charge in [-0.3, -0.25) is 0 Å². The molecule has 0 bridgehead atoms. The van der Waals surface area contributed by atoms with Gasteiger partial charge in [0.25, 0.3) is 0 Å². The zero-order valence-electron chi connectivity index (χ0n) is 19.3. The van der Waals surface area contributed by atoms with Crippen LogP contribution in [0.25, 0.3) is 33.5 Å². The third-order valence-electron chi connectivity index (χ3n) is 5.99. The highest BCUT2D eigenvalue weighted by molar-refractivity contribution is 5.95. The highest BCUT2D eigenvalue weighted by Gasteiger charge is 2.16. The number of nitrogens with zero attached hydrogens (tertiary/aromatic N) is 2. The Kier molecular flexibility index (Phi) is 7.46. The summed E-state index contributed by atoms with van der Waals surface area (Å²) >= 11 is 0. The van der Waals surface area contributed by atoms with Crippen LogP contribution in [0.1, 0.15) is 49.9 Å². The number of rotatable bonds is 9. The molecule has 0 aliphatic heterocycles. The molecule has 4 aromatic rings. The van der Waals surface area contributed by atoms with Crippen molar-refractivity contribution < 1.29 is 9.53 Å². The fourth-order valence-electron chi connectivity index (χ4n) is 3.95. The van der Waals surface area contributed by atoms with E-state index in [0.29, 0.717) is 23.6 Å². The molecule has 0 amide bonds. The number of ether oxygens (including phenoxy) is 1. The maximum absolute atomic E-state index is 12.8. The molecule has 0 radical (unpaired) electrons. The van der Waals surface area contributed by atoms with E-state index in [2.05, 4.69) is 13.8 Å². The molecule has 0 saturated heterocycles. The Morgan fingerprint density at radius 2 is 1.42 bits per heavy atom. The minimum absolute atomic E-state index is 0.304. The van der Waals surface area contributed by atoms with Gasteiger partial charge in [0.1, 0.15) is 0 Å². The Balaban J connectivity index is 1.67. The molecule has 0 N–H and O–H groups in total. The van der Waals surface area contributed by atoms with Gasteiger partial charge in [-0.1, -0.05) is 93.8 Å². The molecule has 168 valence electrons. The molecule has 0 fully saturated rings. The van der Waals surface area contributed by atoms with E-state index >= 15 is 0 Å². The second kappa shape index (κ2) is 10.9. The molecule has 4 nitrogen and oxygen atoms in total. The molecule has 33 heavy (non-hydrogen) atoms. The molecule has 1 aromatic heterocycles. The summed E-state index contributed by atoms with van der Waals surface area (Å²) < 4.78 is 5.65. The lowest BCUT2D eigenvalue weighted by molar-refractivity contribution is 0.0428. The number of hydrogen-bond acceptors (Lipinski definition) is 4. The van der Waals surface area contributed by atoms with Crippen molar-refractivity contribution in [1.82, 2.24) is 9.97 Å². The van der Waals surface area contributed by atoms with E-state index in [1.54, 1.807) is 12.1 Å². The lowest BCUT2D eigenvalue weighted by Crippen LogP contribution is -2.14. The maximum Gasteiger partial charge on any atom is 0.338 e. The number of aromatic nitrogens is 2. The van der Waals surface area contributed by atoms with Crippen LogP contribution in [0.15, 0.2) is 78.9 Å². The van der Waals surface area contributed by atoms with Gasteiger partial charge in [-0.2, -0.15) is 0 Å². The van der Waals surface area contributed by atoms with Crippen molar-refractivity contribution in [3.05, 3.63) is 84.4 Å². The van der Waals surface area contributed by atoms with E-state index in [1.165, 1.54) is 0 Å². The Hall–Kier alpha value is -3.53. The Morgan fingerprint density at radius 3 is 2.00 bits per heavy atom. The summed E-state index contributed by atoms with van der Waals surface area (Å²) in [7, 11) is 0. The van der Waals surface area contributed by atoms with Crippen LogP contribution in [0.3, 0.4) is 0 Å². The fraction of sp³-hybridized carbons (Fsp3) is 0.276. The van der Waals surface area contributed by atoms with Crippen LogP contribution in [0, 0.1) is 5.92 Å². The first-order valence-corrected chi connectivity index (χ1v) is 11.8. The first-order valence-electron chi connectivity index (χ1n) is 11.8. The molecule has 0 spiro atoms. The van der Waals surface area contributed by atoms with Crippen LogP contribution >= 0.6 is 0 Å². The molecule has 1 atom stereocenters. The van der Waals surface area contributed by atoms with E-state index < -0.39 is 0 Å². The van der Waals surface area contributed by atoms with Crippen LogP contribution in [-0.2, 0) is 4.74 Å². The van der Waals surface area contributed by atoms with Gasteiger partial charge in [0.05, 0.1) is 34.6 Å². The van der Waals surface area contributed by atoms with E-state index in [0.717, 1.165) is 53.7 Å². The van der Waals surface area contributed by atoms with Crippen molar-refractivity contribution in [2.45, 2.75) is 39.5 Å². The summed E-state index contributed by atoms with van der Waals surface area (Å²) in [5.74, 6) is 0.106. The lowest BCUT2D eigenvalue weighted by Gasteiger charge is -2.15. The van der Waals surface area contributed by atoms with E-state index in [4.69, 9.17) is 14.7 Å². The number of carbonyl (C=O) groups is 1. The topological polar surface area (TPSA) is 52.1 Å². The number of esters is 1. The Morgan fingerprint density at radius 1 is 0.818 bits per heavy atom. The standard InChI is InChI=1S/C29H30N2O2/c1-3-5-12-21(4-2)20-33-29(32)24-17-18-25-26(19-24)31-28(23-15-10-7-11-16-23)27(30-25)22-13-8-6-9-14-22/h6-11,13-19,21H,3-5,12,20H2,1-2H3. The van der Waals surface area contributed by atoms with E-state index in [9.17, 15) is 4.79 Å². The Bertz CT molecular complexity index is 1210. The monoisotopic (exact) mass is 438 g/mol. The summed E-state index contributed by atoms with van der Waals surface area (Å²) in [5, 5.41) is 0. The molecular weight excluding hydrogens is 408 g/mol. The van der Waals surface area contributed by atoms with Gasteiger partial charge in [-0.15, -0.1) is 0 Å². The van der Waals surface area contributed by atoms with E-state index in [1.807, 2.05) is 66.7 Å². The van der Waals surface area contributed by atoms with Crippen LogP contribution in [-0.4, -0.2) is 22.5 Å². The molecule has 4 heteroatoms. The molecule has 3 aromatic carbocycles. The van der Waals surface area contributed by atoms with Gasteiger partial charge in [0.15, 0.2) is 0 Å². The van der Waals surface area contributed by atoms with Crippen molar-refractivity contribution >= 4 is 17.0 Å². The fourth-order valence-corrected chi connectivity index (χ4v) is 3.95. The van der Waals surface area contributed by atoms with Crippen molar-refractivity contribution in [2.24, 2.45) is 5.92 Å². The van der Waals surface area contributed by atoms with Crippen molar-refractivity contribution in [1.29, 1.82) is 0 Å². The largest absolute Gasteiger partial charge is 0.462 e. The predicted molar refractivity (Wildman–Crippen MR) is 134 cm³/mol. The SMILES string of the molecule is CCCCC(CC)COC(=O)c1ccc2nc(-c3ccccc3)c(-c3ccccc3)nc2c1. The normalized spacial score (nSPS) is 11.9. The van der Waals surface area contributed by atoms with Gasteiger partial charge < -0.3 is 4.74 Å². The average Bonchev–Trinajstić information content (AvgIpc) is 2.88. The van der Waals surface area contributed by atoms with Crippen LogP contribution < -0.4 is 0 Å². The highest BCUT2D eigenvalue weighted by Crippen LogP contribution is 2.31. The first-order chi connectivity index (χ1) is 16.2. The molecule has 0 saturated carbocycles. The van der Waals surface area contributed by atoms with Crippen LogP contribution in [0.2, 0.25) is 0 Å². The number of hydrogen-bond donors (Lipinski definition) is 0. The van der Waals surface area contributed by atoms with Crippen LogP contribution in [0.4, 0.5) is 0 Å². The van der Waals surface area contributed by atoms with Gasteiger partial charge in [0.2, 0.25) is 0 Å². The summed E-state index contributed by atoms with van der Waals surface area (Å²) in [6.07, 6.45) is 4.42. The number of unbranched alkanes of at least 4 members (excludes halogenated alkanes) is 1. The zero-order valence-corrected chi connectivity index (χ0v) is 19.3. The quantitative estimate of drug-likeness (QED) is 0.257. The van der Waals surface area contributed by atoms with Gasteiger partial charge in [-0.25, -0.2) is 14.8 Å². The highest BCUT2D eigenvalue weighted by atomic mass is 16.5. The van der Waals surface area contributed by atoms with E-state index in [-0.39, 0.29) is 5.97 Å². The maximum atomic E-state index is 12.8.